The third-order valence-corrected chi connectivity index (χ3v) is 2.46. The molecule has 0 atom stereocenters. The van der Waals surface area contributed by atoms with Gasteiger partial charge in [-0.15, -0.1) is 0 Å². The summed E-state index contributed by atoms with van der Waals surface area (Å²) in [5, 5.41) is 2.60. The average Bonchev–Trinajstić information content (AvgIpc) is 2.08. The monoisotopic (exact) mass is 284 g/mol. The van der Waals surface area contributed by atoms with Crippen LogP contribution in [0.25, 0.3) is 0 Å². The Bertz CT molecular complexity index is 315. The van der Waals surface area contributed by atoms with Crippen molar-refractivity contribution in [2.75, 3.05) is 18.1 Å². The number of nitrogens with two attached hydrogens (primary N) is 1. The molecule has 0 aromatic heterocycles. The van der Waals surface area contributed by atoms with Crippen molar-refractivity contribution < 1.29 is 8.78 Å². The molecule has 0 aliphatic heterocycles. The van der Waals surface area contributed by atoms with E-state index in [-0.39, 0.29) is 14.9 Å². The van der Waals surface area contributed by atoms with Gasteiger partial charge in [-0.05, 0) is 22.6 Å². The molecule has 1 rings (SSSR count). The Hall–Kier alpha value is -0.590. The van der Waals surface area contributed by atoms with Crippen LogP contribution in [0.15, 0.2) is 6.07 Å². The highest BCUT2D eigenvalue weighted by Crippen LogP contribution is 2.27. The molecule has 3 N–H and O–H groups in total. The summed E-state index contributed by atoms with van der Waals surface area (Å²) in [6, 6.07) is 1.17. The predicted molar refractivity (Wildman–Crippen MR) is 53.0 cm³/mol. The molecule has 1 aromatic rings. The van der Waals surface area contributed by atoms with Crippen LogP contribution in [0.2, 0.25) is 0 Å². The van der Waals surface area contributed by atoms with Gasteiger partial charge in [-0.1, -0.05) is 0 Å². The molecule has 66 valence electrons. The summed E-state index contributed by atoms with van der Waals surface area (Å²) < 4.78 is 25.8. The predicted octanol–water partition coefficient (Wildman–Crippen LogP) is 2.19. The Morgan fingerprint density at radius 1 is 1.50 bits per heavy atom. The molecule has 0 saturated carbocycles. The molecule has 0 radical (unpaired) electrons. The highest BCUT2D eigenvalue weighted by Gasteiger charge is 2.12. The molecule has 0 aliphatic carbocycles. The zero-order valence-electron chi connectivity index (χ0n) is 6.29. The summed E-state index contributed by atoms with van der Waals surface area (Å²) in [6.07, 6.45) is 0. The van der Waals surface area contributed by atoms with Crippen LogP contribution in [0.5, 0.6) is 0 Å². The van der Waals surface area contributed by atoms with Gasteiger partial charge in [0.2, 0.25) is 0 Å². The van der Waals surface area contributed by atoms with Crippen LogP contribution in [0, 0.1) is 15.2 Å². The molecule has 5 heteroatoms. The summed E-state index contributed by atoms with van der Waals surface area (Å²) in [7, 11) is 1.55. The number of hydrogen-bond donors (Lipinski definition) is 2. The van der Waals surface area contributed by atoms with E-state index in [1.807, 2.05) is 0 Å². The van der Waals surface area contributed by atoms with Gasteiger partial charge in [-0.3, -0.25) is 0 Å². The molecule has 0 bridgehead atoms. The van der Waals surface area contributed by atoms with Crippen molar-refractivity contribution in [3.05, 3.63) is 21.3 Å². The van der Waals surface area contributed by atoms with Crippen molar-refractivity contribution in [1.82, 2.24) is 0 Å². The lowest BCUT2D eigenvalue weighted by Gasteiger charge is -2.07. The number of halogens is 3. The lowest BCUT2D eigenvalue weighted by Crippen LogP contribution is -2.02. The van der Waals surface area contributed by atoms with Gasteiger partial charge in [0.15, 0.2) is 5.82 Å². The van der Waals surface area contributed by atoms with Crippen molar-refractivity contribution in [1.29, 1.82) is 0 Å². The number of nitrogens with one attached hydrogen (secondary N) is 1. The minimum atomic E-state index is -0.708. The lowest BCUT2D eigenvalue weighted by atomic mass is 10.2. The average molecular weight is 284 g/mol. The summed E-state index contributed by atoms with van der Waals surface area (Å²) >= 11 is 1.57. The number of rotatable bonds is 1. The Morgan fingerprint density at radius 3 is 2.58 bits per heavy atom. The van der Waals surface area contributed by atoms with E-state index in [0.29, 0.717) is 0 Å². The Labute approximate surface area is 82.3 Å². The number of nitrogen functional groups attached to an aromatic ring is 1. The number of benzene rings is 1. The standard InChI is InChI=1S/C7H7F2IN2/c1-12-4-2-3(8)6(10)5(9)7(4)11/h2,12H,11H2,1H3. The summed E-state index contributed by atoms with van der Waals surface area (Å²) in [5.41, 5.74) is 5.57. The summed E-state index contributed by atoms with van der Waals surface area (Å²) in [4.78, 5) is 0. The first-order valence-corrected chi connectivity index (χ1v) is 4.26. The van der Waals surface area contributed by atoms with Gasteiger partial charge >= 0.3 is 0 Å². The van der Waals surface area contributed by atoms with E-state index in [1.54, 1.807) is 29.6 Å². The fourth-order valence-electron chi connectivity index (χ4n) is 0.816. The molecule has 0 amide bonds. The molecule has 0 fully saturated rings. The normalized spacial score (nSPS) is 10.0. The minimum absolute atomic E-state index is 0.0525. The van der Waals surface area contributed by atoms with Crippen LogP contribution in [-0.4, -0.2) is 7.05 Å². The van der Waals surface area contributed by atoms with Crippen LogP contribution in [0.1, 0.15) is 0 Å². The first-order valence-electron chi connectivity index (χ1n) is 3.18. The van der Waals surface area contributed by atoms with Crippen molar-refractivity contribution in [3.63, 3.8) is 0 Å². The van der Waals surface area contributed by atoms with Crippen LogP contribution in [0.4, 0.5) is 20.2 Å². The molecule has 0 aliphatic rings. The summed E-state index contributed by atoms with van der Waals surface area (Å²) in [5.74, 6) is -1.31. The van der Waals surface area contributed by atoms with Gasteiger partial charge in [-0.2, -0.15) is 0 Å². The topological polar surface area (TPSA) is 38.0 Å². The first kappa shape index (κ1) is 9.50. The smallest absolute Gasteiger partial charge is 0.164 e. The maximum atomic E-state index is 13.0. The van der Waals surface area contributed by atoms with E-state index in [9.17, 15) is 8.78 Å². The maximum Gasteiger partial charge on any atom is 0.164 e. The van der Waals surface area contributed by atoms with E-state index >= 15 is 0 Å². The number of anilines is 2. The van der Waals surface area contributed by atoms with Gasteiger partial charge in [0.05, 0.1) is 14.9 Å². The lowest BCUT2D eigenvalue weighted by molar-refractivity contribution is 0.574. The molecule has 0 saturated heterocycles. The minimum Gasteiger partial charge on any atom is -0.395 e. The Kier molecular flexibility index (Phi) is 2.71. The van der Waals surface area contributed by atoms with Crippen LogP contribution < -0.4 is 11.1 Å². The molecule has 2 nitrogen and oxygen atoms in total. The SMILES string of the molecule is CNc1cc(F)c(I)c(F)c1N. The van der Waals surface area contributed by atoms with Gasteiger partial charge in [0.25, 0.3) is 0 Å². The van der Waals surface area contributed by atoms with Crippen molar-refractivity contribution in [2.45, 2.75) is 0 Å². The molecule has 0 unspecified atom stereocenters. The molecule has 0 heterocycles. The van der Waals surface area contributed by atoms with Crippen LogP contribution in [0.3, 0.4) is 0 Å². The van der Waals surface area contributed by atoms with Gasteiger partial charge in [-0.25, -0.2) is 8.78 Å². The van der Waals surface area contributed by atoms with E-state index in [0.717, 1.165) is 0 Å². The molecular formula is C7H7F2IN2. The van der Waals surface area contributed by atoms with Crippen LogP contribution >= 0.6 is 22.6 Å². The molecule has 1 aromatic carbocycles. The molecular weight excluding hydrogens is 277 g/mol. The highest BCUT2D eigenvalue weighted by atomic mass is 127. The Balaban J connectivity index is 3.39. The first-order chi connectivity index (χ1) is 5.57. The van der Waals surface area contributed by atoms with Crippen molar-refractivity contribution in [2.24, 2.45) is 0 Å². The second-order valence-electron chi connectivity index (χ2n) is 2.20. The van der Waals surface area contributed by atoms with E-state index < -0.39 is 11.6 Å². The van der Waals surface area contributed by atoms with E-state index in [4.69, 9.17) is 5.73 Å². The van der Waals surface area contributed by atoms with Crippen LogP contribution in [-0.2, 0) is 0 Å². The zero-order valence-corrected chi connectivity index (χ0v) is 8.45. The van der Waals surface area contributed by atoms with E-state index in [1.165, 1.54) is 6.07 Å². The quantitative estimate of drug-likeness (QED) is 0.471. The molecule has 0 spiro atoms. The maximum absolute atomic E-state index is 13.0. The second-order valence-corrected chi connectivity index (χ2v) is 3.28. The van der Waals surface area contributed by atoms with Gasteiger partial charge < -0.3 is 11.1 Å². The third-order valence-electron chi connectivity index (χ3n) is 1.47. The van der Waals surface area contributed by atoms with Gasteiger partial charge in [0.1, 0.15) is 5.82 Å². The Morgan fingerprint density at radius 2 is 2.08 bits per heavy atom. The zero-order chi connectivity index (χ0) is 9.30. The highest BCUT2D eigenvalue weighted by molar-refractivity contribution is 14.1. The molecule has 12 heavy (non-hydrogen) atoms. The summed E-state index contributed by atoms with van der Waals surface area (Å²) in [6.45, 7) is 0. The largest absolute Gasteiger partial charge is 0.395 e. The third kappa shape index (κ3) is 1.45. The second kappa shape index (κ2) is 3.42. The fourth-order valence-corrected chi connectivity index (χ4v) is 1.26. The fraction of sp³-hybridized carbons (Fsp3) is 0.143. The van der Waals surface area contributed by atoms with Gasteiger partial charge in [0, 0.05) is 13.1 Å². The van der Waals surface area contributed by atoms with Crippen molar-refractivity contribution in [3.8, 4) is 0 Å². The number of hydrogen-bond acceptors (Lipinski definition) is 2. The van der Waals surface area contributed by atoms with Crippen molar-refractivity contribution >= 4 is 34.0 Å². The van der Waals surface area contributed by atoms with E-state index in [2.05, 4.69) is 5.32 Å².